The fourth-order valence-corrected chi connectivity index (χ4v) is 3.18. The van der Waals surface area contributed by atoms with E-state index in [9.17, 15) is 29.3 Å². The van der Waals surface area contributed by atoms with Crippen LogP contribution in [0.25, 0.3) is 0 Å². The third-order valence-corrected chi connectivity index (χ3v) is 5.20. The van der Waals surface area contributed by atoms with E-state index >= 15 is 0 Å². The summed E-state index contributed by atoms with van der Waals surface area (Å²) in [6.07, 6.45) is -1.72. The maximum Gasteiger partial charge on any atom is 0.514 e. The summed E-state index contributed by atoms with van der Waals surface area (Å²) in [7, 11) is 0. The highest BCUT2D eigenvalue weighted by Crippen LogP contribution is 2.18. The van der Waals surface area contributed by atoms with Crippen molar-refractivity contribution in [1.29, 1.82) is 0 Å². The molecule has 0 fully saturated rings. The minimum Gasteiger partial charge on any atom is -0.444 e. The number of amides is 3. The van der Waals surface area contributed by atoms with Gasteiger partial charge in [0, 0.05) is 17.8 Å². The molecule has 0 aliphatic rings. The number of nitrogens with one attached hydrogen (secondary N) is 3. The van der Waals surface area contributed by atoms with E-state index in [1.165, 1.54) is 31.2 Å². The Balaban J connectivity index is 1.84. The third-order valence-electron chi connectivity index (χ3n) is 5.20. The number of ether oxygens (including phenoxy) is 3. The number of nitro benzene ring substituents is 1. The van der Waals surface area contributed by atoms with Gasteiger partial charge >= 0.3 is 12.2 Å². The van der Waals surface area contributed by atoms with Gasteiger partial charge in [-0.05, 0) is 63.4 Å². The molecule has 2 atom stereocenters. The molecule has 13 heteroatoms. The summed E-state index contributed by atoms with van der Waals surface area (Å²) >= 11 is 0. The Morgan fingerprint density at radius 3 is 2.02 bits per heavy atom. The first-order valence-corrected chi connectivity index (χ1v) is 12.4. The standard InChI is InChI=1S/C27H34N4O9/c1-16(2)22(30-25(34)40-27(4,5)6)24(33)28-17(3)23(32)29-19-9-7-18(8-10-19)15-38-26(35)39-21-13-11-20(12-14-21)31(36)37/h7-14,16-17,22H,15H2,1-6H3,(H,28,33)(H,29,32)(H,30,34)/t17-,22-/m0/s1. The number of alkyl carbamates (subject to hydrolysis) is 1. The van der Waals surface area contributed by atoms with E-state index in [2.05, 4.69) is 16.0 Å². The van der Waals surface area contributed by atoms with Crippen molar-refractivity contribution in [3.05, 3.63) is 64.2 Å². The number of nitrogens with zero attached hydrogens (tertiary/aromatic N) is 1. The lowest BCUT2D eigenvalue weighted by Gasteiger charge is -2.26. The second-order valence-corrected chi connectivity index (χ2v) is 10.2. The fraction of sp³-hybridized carbons (Fsp3) is 0.407. The Morgan fingerprint density at radius 2 is 1.50 bits per heavy atom. The van der Waals surface area contributed by atoms with Gasteiger partial charge < -0.3 is 30.2 Å². The number of anilines is 1. The van der Waals surface area contributed by atoms with E-state index in [1.54, 1.807) is 58.9 Å². The number of rotatable bonds is 10. The van der Waals surface area contributed by atoms with Crippen LogP contribution in [0.5, 0.6) is 5.75 Å². The summed E-state index contributed by atoms with van der Waals surface area (Å²) in [6, 6.07) is 9.57. The summed E-state index contributed by atoms with van der Waals surface area (Å²) in [5, 5.41) is 18.5. The van der Waals surface area contributed by atoms with E-state index in [0.717, 1.165) is 0 Å². The summed E-state index contributed by atoms with van der Waals surface area (Å²) < 4.78 is 15.2. The van der Waals surface area contributed by atoms with Crippen molar-refractivity contribution in [2.45, 2.75) is 65.8 Å². The molecule has 0 radical (unpaired) electrons. The number of hydrogen-bond donors (Lipinski definition) is 3. The third kappa shape index (κ3) is 10.6. The minimum absolute atomic E-state index is 0.0928. The lowest BCUT2D eigenvalue weighted by Crippen LogP contribution is -2.54. The van der Waals surface area contributed by atoms with E-state index in [-0.39, 0.29) is 24.0 Å². The molecule has 0 heterocycles. The van der Waals surface area contributed by atoms with Gasteiger partial charge in [-0.1, -0.05) is 26.0 Å². The van der Waals surface area contributed by atoms with Crippen molar-refractivity contribution in [1.82, 2.24) is 10.6 Å². The Bertz CT molecular complexity index is 1210. The van der Waals surface area contributed by atoms with Crippen LogP contribution >= 0.6 is 0 Å². The molecule has 13 nitrogen and oxygen atoms in total. The van der Waals surface area contributed by atoms with Crippen LogP contribution in [-0.2, 0) is 25.7 Å². The van der Waals surface area contributed by atoms with Gasteiger partial charge in [-0.25, -0.2) is 9.59 Å². The van der Waals surface area contributed by atoms with Crippen molar-refractivity contribution in [2.75, 3.05) is 5.32 Å². The zero-order valence-electron chi connectivity index (χ0n) is 23.2. The molecule has 0 aromatic heterocycles. The van der Waals surface area contributed by atoms with Crippen LogP contribution < -0.4 is 20.7 Å². The van der Waals surface area contributed by atoms with Gasteiger partial charge in [0.05, 0.1) is 4.92 Å². The number of carbonyl (C=O) groups is 4. The number of benzene rings is 2. The molecule has 40 heavy (non-hydrogen) atoms. The highest BCUT2D eigenvalue weighted by atomic mass is 16.7. The first-order valence-electron chi connectivity index (χ1n) is 12.4. The lowest BCUT2D eigenvalue weighted by atomic mass is 10.0. The molecule has 2 rings (SSSR count). The molecule has 3 amide bonds. The summed E-state index contributed by atoms with van der Waals surface area (Å²) in [5.74, 6) is -1.18. The Labute approximate surface area is 231 Å². The highest BCUT2D eigenvalue weighted by Gasteiger charge is 2.29. The van der Waals surface area contributed by atoms with Gasteiger partial charge in [-0.15, -0.1) is 0 Å². The van der Waals surface area contributed by atoms with Crippen molar-refractivity contribution in [3.8, 4) is 5.75 Å². The van der Waals surface area contributed by atoms with Crippen LogP contribution in [0.4, 0.5) is 21.0 Å². The topological polar surface area (TPSA) is 175 Å². The van der Waals surface area contributed by atoms with Gasteiger partial charge in [0.25, 0.3) is 5.69 Å². The van der Waals surface area contributed by atoms with Crippen molar-refractivity contribution >= 4 is 35.4 Å². The summed E-state index contributed by atoms with van der Waals surface area (Å²) in [4.78, 5) is 59.5. The smallest absolute Gasteiger partial charge is 0.444 e. The van der Waals surface area contributed by atoms with Crippen LogP contribution in [0.2, 0.25) is 0 Å². The van der Waals surface area contributed by atoms with Gasteiger partial charge in [0.15, 0.2) is 0 Å². The molecule has 0 aliphatic carbocycles. The van der Waals surface area contributed by atoms with Crippen LogP contribution in [-0.4, -0.2) is 46.7 Å². The van der Waals surface area contributed by atoms with Crippen molar-refractivity contribution < 1.29 is 38.3 Å². The highest BCUT2D eigenvalue weighted by molar-refractivity contribution is 5.98. The largest absolute Gasteiger partial charge is 0.514 e. The normalized spacial score (nSPS) is 12.5. The molecule has 0 saturated carbocycles. The SMILES string of the molecule is CC(C)[C@H](NC(=O)OC(C)(C)C)C(=O)N[C@@H](C)C(=O)Nc1ccc(COC(=O)Oc2ccc([N+](=O)[O-])cc2)cc1. The zero-order chi connectivity index (χ0) is 30.0. The van der Waals surface area contributed by atoms with Crippen molar-refractivity contribution in [2.24, 2.45) is 5.92 Å². The molecule has 0 bridgehead atoms. The molecule has 3 N–H and O–H groups in total. The number of non-ortho nitro benzene ring substituents is 1. The van der Waals surface area contributed by atoms with Gasteiger partial charge in [-0.3, -0.25) is 19.7 Å². The van der Waals surface area contributed by atoms with E-state index in [1.807, 2.05) is 0 Å². The number of hydrogen-bond acceptors (Lipinski definition) is 9. The summed E-state index contributed by atoms with van der Waals surface area (Å²) in [6.45, 7) is 10.0. The van der Waals surface area contributed by atoms with Gasteiger partial charge in [0.1, 0.15) is 30.0 Å². The predicted molar refractivity (Wildman–Crippen MR) is 145 cm³/mol. The van der Waals surface area contributed by atoms with Crippen LogP contribution in [0.3, 0.4) is 0 Å². The predicted octanol–water partition coefficient (Wildman–Crippen LogP) is 4.30. The van der Waals surface area contributed by atoms with E-state index < -0.39 is 46.7 Å². The average molecular weight is 559 g/mol. The second-order valence-electron chi connectivity index (χ2n) is 10.2. The molecule has 0 unspecified atom stereocenters. The first-order chi connectivity index (χ1) is 18.6. The van der Waals surface area contributed by atoms with Gasteiger partial charge in [-0.2, -0.15) is 0 Å². The molecule has 0 spiro atoms. The van der Waals surface area contributed by atoms with E-state index in [4.69, 9.17) is 14.2 Å². The molecular formula is C27H34N4O9. The molecular weight excluding hydrogens is 524 g/mol. The first kappa shape index (κ1) is 31.5. The van der Waals surface area contributed by atoms with Crippen molar-refractivity contribution in [3.63, 3.8) is 0 Å². The lowest BCUT2D eigenvalue weighted by molar-refractivity contribution is -0.384. The Hall–Kier alpha value is -4.68. The Morgan fingerprint density at radius 1 is 0.900 bits per heavy atom. The zero-order valence-corrected chi connectivity index (χ0v) is 23.2. The van der Waals surface area contributed by atoms with Gasteiger partial charge in [0.2, 0.25) is 11.8 Å². The monoisotopic (exact) mass is 558 g/mol. The quantitative estimate of drug-likeness (QED) is 0.166. The maximum atomic E-state index is 12.7. The molecule has 0 aliphatic heterocycles. The van der Waals surface area contributed by atoms with Crippen LogP contribution in [0.1, 0.15) is 47.1 Å². The Kier molecular flexibility index (Phi) is 11.0. The molecule has 2 aromatic rings. The fourth-order valence-electron chi connectivity index (χ4n) is 3.18. The van der Waals surface area contributed by atoms with Crippen LogP contribution in [0.15, 0.2) is 48.5 Å². The van der Waals surface area contributed by atoms with Crippen LogP contribution in [0, 0.1) is 16.0 Å². The molecule has 2 aromatic carbocycles. The average Bonchev–Trinajstić information content (AvgIpc) is 2.85. The second kappa shape index (κ2) is 13.9. The minimum atomic E-state index is -0.989. The number of carbonyl (C=O) groups excluding carboxylic acids is 4. The maximum absolute atomic E-state index is 12.7. The molecule has 0 saturated heterocycles. The van der Waals surface area contributed by atoms with E-state index in [0.29, 0.717) is 11.3 Å². The summed E-state index contributed by atoms with van der Waals surface area (Å²) in [5.41, 5.74) is 0.179. The number of nitro groups is 1. The molecule has 216 valence electrons.